The molecule has 0 aliphatic heterocycles. The van der Waals surface area contributed by atoms with Gasteiger partial charge in [-0.05, 0) is 61.1 Å². The van der Waals surface area contributed by atoms with Gasteiger partial charge in [0.2, 0.25) is 5.91 Å². The number of aromatic nitrogens is 2. The van der Waals surface area contributed by atoms with Crippen molar-refractivity contribution in [2.45, 2.75) is 37.3 Å². The molecule has 3 aromatic carbocycles. The number of rotatable bonds is 7. The topological polar surface area (TPSA) is 64.0 Å². The normalized spacial score (nSPS) is 12.6. The van der Waals surface area contributed by atoms with Crippen molar-refractivity contribution in [2.75, 3.05) is 11.1 Å². The summed E-state index contributed by atoms with van der Waals surface area (Å²) in [6, 6.07) is 11.1. The van der Waals surface area contributed by atoms with E-state index >= 15 is 0 Å². The van der Waals surface area contributed by atoms with Gasteiger partial charge >= 0.3 is 0 Å². The van der Waals surface area contributed by atoms with Crippen molar-refractivity contribution in [3.63, 3.8) is 0 Å². The van der Waals surface area contributed by atoms with Crippen LogP contribution >= 0.6 is 11.8 Å². The van der Waals surface area contributed by atoms with Crippen LogP contribution in [-0.4, -0.2) is 21.2 Å². The SMILES string of the molecule is O=C(CCCSc1nc2cccc(F)c2c(=O)n1-c1cc(F)c(F)c(F)c1)Nc1ccc2c(c1)CCC2. The molecule has 0 saturated carbocycles. The molecule has 1 N–H and O–H groups in total. The third kappa shape index (κ3) is 5.11. The lowest BCUT2D eigenvalue weighted by Crippen LogP contribution is -2.23. The predicted octanol–water partition coefficient (Wildman–Crippen LogP) is 5.94. The first-order valence-corrected chi connectivity index (χ1v) is 12.7. The number of hydrogen-bond donors (Lipinski definition) is 1. The molecule has 0 atom stereocenters. The molecule has 0 spiro atoms. The largest absolute Gasteiger partial charge is 0.326 e. The van der Waals surface area contributed by atoms with Crippen molar-refractivity contribution in [3.05, 3.63) is 93.3 Å². The molecule has 1 aliphatic carbocycles. The van der Waals surface area contributed by atoms with E-state index in [0.29, 0.717) is 24.3 Å². The highest BCUT2D eigenvalue weighted by Crippen LogP contribution is 2.27. The van der Waals surface area contributed by atoms with Gasteiger partial charge in [-0.2, -0.15) is 0 Å². The third-order valence-corrected chi connectivity index (χ3v) is 7.23. The molecule has 0 unspecified atom stereocenters. The van der Waals surface area contributed by atoms with Crippen LogP contribution in [0.15, 0.2) is 58.5 Å². The molecule has 0 fully saturated rings. The Morgan fingerprint density at radius 1 is 0.973 bits per heavy atom. The van der Waals surface area contributed by atoms with Crippen LogP contribution < -0.4 is 10.9 Å². The second-order valence-electron chi connectivity index (χ2n) is 8.73. The molecule has 0 radical (unpaired) electrons. The molecule has 0 bridgehead atoms. The minimum atomic E-state index is -1.68. The Labute approximate surface area is 213 Å². The van der Waals surface area contributed by atoms with E-state index in [-0.39, 0.29) is 34.1 Å². The van der Waals surface area contributed by atoms with E-state index in [1.807, 2.05) is 18.2 Å². The standard InChI is InChI=1S/C27H21F4N3O2S/c28-19-6-2-7-22-24(19)26(36)34(18-13-20(29)25(31)21(30)14-18)27(33-22)37-11-3-8-23(35)32-17-10-9-15-4-1-5-16(15)12-17/h2,6-7,9-10,12-14H,1,3-5,8,11H2,(H,32,35). The van der Waals surface area contributed by atoms with Crippen LogP contribution in [-0.2, 0) is 17.6 Å². The van der Waals surface area contributed by atoms with Crippen LogP contribution in [0, 0.1) is 23.3 Å². The molecule has 0 saturated heterocycles. The third-order valence-electron chi connectivity index (χ3n) is 6.20. The Morgan fingerprint density at radius 2 is 1.73 bits per heavy atom. The predicted molar refractivity (Wildman–Crippen MR) is 134 cm³/mol. The maximum Gasteiger partial charge on any atom is 0.269 e. The van der Waals surface area contributed by atoms with Gasteiger partial charge in [0, 0.05) is 30.0 Å². The van der Waals surface area contributed by atoms with E-state index in [0.717, 1.165) is 47.3 Å². The zero-order valence-corrected chi connectivity index (χ0v) is 20.3. The van der Waals surface area contributed by atoms with Crippen LogP contribution in [0.2, 0.25) is 0 Å². The van der Waals surface area contributed by atoms with Crippen molar-refractivity contribution in [1.29, 1.82) is 0 Å². The van der Waals surface area contributed by atoms with Crippen LogP contribution in [0.4, 0.5) is 23.2 Å². The number of nitrogens with zero attached hydrogens (tertiary/aromatic N) is 2. The molecular weight excluding hydrogens is 506 g/mol. The summed E-state index contributed by atoms with van der Waals surface area (Å²) in [5, 5.41) is 2.56. The average molecular weight is 528 g/mol. The number of aryl methyl sites for hydroxylation is 2. The summed E-state index contributed by atoms with van der Waals surface area (Å²) in [5.74, 6) is -5.35. The van der Waals surface area contributed by atoms with Gasteiger partial charge in [-0.25, -0.2) is 22.5 Å². The smallest absolute Gasteiger partial charge is 0.269 e. The second-order valence-corrected chi connectivity index (χ2v) is 9.79. The summed E-state index contributed by atoms with van der Waals surface area (Å²) in [5.41, 5.74) is 2.16. The maximum atomic E-state index is 14.4. The van der Waals surface area contributed by atoms with Crippen LogP contribution in [0.3, 0.4) is 0 Å². The van der Waals surface area contributed by atoms with E-state index in [2.05, 4.69) is 10.3 Å². The zero-order valence-electron chi connectivity index (χ0n) is 19.5. The summed E-state index contributed by atoms with van der Waals surface area (Å²) in [4.78, 5) is 29.9. The number of carbonyl (C=O) groups excluding carboxylic acids is 1. The number of fused-ring (bicyclic) bond motifs is 2. The van der Waals surface area contributed by atoms with Crippen LogP contribution in [0.5, 0.6) is 0 Å². The molecule has 1 amide bonds. The van der Waals surface area contributed by atoms with Crippen LogP contribution in [0.1, 0.15) is 30.4 Å². The lowest BCUT2D eigenvalue weighted by Gasteiger charge is -2.14. The fraction of sp³-hybridized carbons (Fsp3) is 0.222. The Balaban J connectivity index is 1.35. The Hall–Kier alpha value is -3.66. The van der Waals surface area contributed by atoms with Crippen molar-refractivity contribution in [3.8, 4) is 5.69 Å². The highest BCUT2D eigenvalue weighted by atomic mass is 32.2. The van der Waals surface area contributed by atoms with Gasteiger partial charge in [0.25, 0.3) is 5.56 Å². The van der Waals surface area contributed by atoms with Gasteiger partial charge in [0.1, 0.15) is 11.2 Å². The molecule has 4 aromatic rings. The minimum absolute atomic E-state index is 0.0348. The number of hydrogen-bond acceptors (Lipinski definition) is 4. The molecule has 37 heavy (non-hydrogen) atoms. The molecule has 5 nitrogen and oxygen atoms in total. The van der Waals surface area contributed by atoms with Crippen molar-refractivity contribution in [2.24, 2.45) is 0 Å². The van der Waals surface area contributed by atoms with E-state index in [1.165, 1.54) is 23.3 Å². The summed E-state index contributed by atoms with van der Waals surface area (Å²) in [6.45, 7) is 0. The van der Waals surface area contributed by atoms with Crippen molar-refractivity contribution < 1.29 is 22.4 Å². The van der Waals surface area contributed by atoms with E-state index < -0.39 is 28.8 Å². The monoisotopic (exact) mass is 527 g/mol. The highest BCUT2D eigenvalue weighted by Gasteiger charge is 2.19. The summed E-state index contributed by atoms with van der Waals surface area (Å²) >= 11 is 1.07. The molecule has 5 rings (SSSR count). The first-order chi connectivity index (χ1) is 17.8. The number of anilines is 1. The first-order valence-electron chi connectivity index (χ1n) is 11.7. The lowest BCUT2D eigenvalue weighted by molar-refractivity contribution is -0.116. The van der Waals surface area contributed by atoms with Gasteiger partial charge in [-0.1, -0.05) is 23.9 Å². The highest BCUT2D eigenvalue weighted by molar-refractivity contribution is 7.99. The molecule has 1 aromatic heterocycles. The van der Waals surface area contributed by atoms with Crippen molar-refractivity contribution >= 4 is 34.3 Å². The maximum absolute atomic E-state index is 14.4. The Kier molecular flexibility index (Phi) is 7.01. The minimum Gasteiger partial charge on any atom is -0.326 e. The summed E-state index contributed by atoms with van der Waals surface area (Å²) in [6.07, 6.45) is 3.77. The second kappa shape index (κ2) is 10.4. The number of benzene rings is 3. The molecule has 190 valence electrons. The first kappa shape index (κ1) is 25.0. The van der Waals surface area contributed by atoms with E-state index in [9.17, 15) is 27.2 Å². The number of carbonyl (C=O) groups is 1. The number of thioether (sulfide) groups is 1. The van der Waals surface area contributed by atoms with Crippen LogP contribution in [0.25, 0.3) is 16.6 Å². The van der Waals surface area contributed by atoms with Gasteiger partial charge in [0.05, 0.1) is 11.2 Å². The molecular formula is C27H21F4N3O2S. The fourth-order valence-electron chi connectivity index (χ4n) is 4.43. The average Bonchev–Trinajstić information content (AvgIpc) is 3.33. The molecule has 10 heteroatoms. The van der Waals surface area contributed by atoms with Gasteiger partial charge < -0.3 is 5.32 Å². The zero-order chi connectivity index (χ0) is 26.1. The van der Waals surface area contributed by atoms with E-state index in [4.69, 9.17) is 0 Å². The molecule has 1 aliphatic rings. The van der Waals surface area contributed by atoms with Gasteiger partial charge in [0.15, 0.2) is 22.6 Å². The number of amides is 1. The quantitative estimate of drug-likeness (QED) is 0.106. The molecule has 1 heterocycles. The number of halogens is 4. The lowest BCUT2D eigenvalue weighted by atomic mass is 10.1. The summed E-state index contributed by atoms with van der Waals surface area (Å²) in [7, 11) is 0. The Morgan fingerprint density at radius 3 is 2.51 bits per heavy atom. The van der Waals surface area contributed by atoms with E-state index in [1.54, 1.807) is 0 Å². The van der Waals surface area contributed by atoms with Gasteiger partial charge in [-0.3, -0.25) is 14.2 Å². The van der Waals surface area contributed by atoms with Gasteiger partial charge in [-0.15, -0.1) is 0 Å². The fourth-order valence-corrected chi connectivity index (χ4v) is 5.39. The Bertz CT molecular complexity index is 1570. The summed E-state index contributed by atoms with van der Waals surface area (Å²) < 4.78 is 56.7. The van der Waals surface area contributed by atoms with Crippen molar-refractivity contribution in [1.82, 2.24) is 9.55 Å². The number of nitrogens with one attached hydrogen (secondary N) is 1.